The summed E-state index contributed by atoms with van der Waals surface area (Å²) in [6.45, 7) is 6.51. The summed E-state index contributed by atoms with van der Waals surface area (Å²) in [5.74, 6) is 1.08. The van der Waals surface area contributed by atoms with Crippen molar-refractivity contribution in [3.8, 4) is 0 Å². The van der Waals surface area contributed by atoms with Crippen LogP contribution in [0.25, 0.3) is 0 Å². The zero-order chi connectivity index (χ0) is 12.3. The molecule has 0 aromatic heterocycles. The maximum absolute atomic E-state index is 4.69. The Morgan fingerprint density at radius 2 is 1.62 bits per heavy atom. The molecule has 0 aliphatic heterocycles. The number of amidine groups is 1. The molecule has 0 saturated heterocycles. The van der Waals surface area contributed by atoms with Gasteiger partial charge in [-0.15, -0.1) is 0 Å². The SMILES string of the molecule is CN(C)C(=Nc1ccc(Br)cc1)C(C)(C)C. The number of nitrogens with zero attached hydrogens (tertiary/aromatic N) is 2. The Hall–Kier alpha value is -0.830. The van der Waals surface area contributed by atoms with Crippen LogP contribution in [0.5, 0.6) is 0 Å². The number of halogens is 1. The van der Waals surface area contributed by atoms with Crippen LogP contribution >= 0.6 is 15.9 Å². The van der Waals surface area contributed by atoms with E-state index < -0.39 is 0 Å². The molecule has 0 heterocycles. The van der Waals surface area contributed by atoms with Crippen LogP contribution in [-0.4, -0.2) is 24.8 Å². The van der Waals surface area contributed by atoms with E-state index in [1.54, 1.807) is 0 Å². The number of rotatable bonds is 1. The Kier molecular flexibility index (Phi) is 4.14. The average Bonchev–Trinajstić information content (AvgIpc) is 2.14. The number of benzene rings is 1. The number of aliphatic imine (C=N–C) groups is 1. The van der Waals surface area contributed by atoms with Crippen LogP contribution in [-0.2, 0) is 0 Å². The molecule has 1 aromatic rings. The van der Waals surface area contributed by atoms with E-state index in [4.69, 9.17) is 4.99 Å². The highest BCUT2D eigenvalue weighted by atomic mass is 79.9. The Bertz CT molecular complexity index is 372. The predicted octanol–water partition coefficient (Wildman–Crippen LogP) is 4.09. The second-order valence-corrected chi connectivity index (χ2v) is 5.97. The zero-order valence-corrected chi connectivity index (χ0v) is 12.2. The molecule has 2 nitrogen and oxygen atoms in total. The number of hydrogen-bond donors (Lipinski definition) is 0. The van der Waals surface area contributed by atoms with E-state index in [1.165, 1.54) is 0 Å². The lowest BCUT2D eigenvalue weighted by molar-refractivity contribution is 0.481. The van der Waals surface area contributed by atoms with Gasteiger partial charge in [-0.25, -0.2) is 4.99 Å². The quantitative estimate of drug-likeness (QED) is 0.560. The molecule has 0 aliphatic carbocycles. The van der Waals surface area contributed by atoms with E-state index in [0.717, 1.165) is 16.0 Å². The summed E-state index contributed by atoms with van der Waals surface area (Å²) in [6.07, 6.45) is 0. The standard InChI is InChI=1S/C13H19BrN2/c1-13(2,3)12(16(4)5)15-11-8-6-10(14)7-9-11/h6-9H,1-5H3. The van der Waals surface area contributed by atoms with Crippen LogP contribution in [0, 0.1) is 5.41 Å². The maximum Gasteiger partial charge on any atom is 0.110 e. The van der Waals surface area contributed by atoms with Gasteiger partial charge in [0, 0.05) is 24.0 Å². The highest BCUT2D eigenvalue weighted by molar-refractivity contribution is 9.10. The van der Waals surface area contributed by atoms with Crippen molar-refractivity contribution < 1.29 is 0 Å². The van der Waals surface area contributed by atoms with Gasteiger partial charge in [0.2, 0.25) is 0 Å². The first kappa shape index (κ1) is 13.2. The van der Waals surface area contributed by atoms with Gasteiger partial charge in [-0.3, -0.25) is 0 Å². The maximum atomic E-state index is 4.69. The van der Waals surface area contributed by atoms with Crippen LogP contribution in [0.3, 0.4) is 0 Å². The molecule has 0 amide bonds. The molecule has 0 aliphatic rings. The van der Waals surface area contributed by atoms with Gasteiger partial charge in [-0.05, 0) is 24.3 Å². The van der Waals surface area contributed by atoms with Crippen molar-refractivity contribution in [2.45, 2.75) is 20.8 Å². The molecular weight excluding hydrogens is 264 g/mol. The molecule has 88 valence electrons. The van der Waals surface area contributed by atoms with Crippen molar-refractivity contribution in [1.82, 2.24) is 4.90 Å². The molecule has 0 spiro atoms. The highest BCUT2D eigenvalue weighted by Gasteiger charge is 2.20. The monoisotopic (exact) mass is 282 g/mol. The third-order valence-electron chi connectivity index (χ3n) is 2.16. The third kappa shape index (κ3) is 3.63. The van der Waals surface area contributed by atoms with Gasteiger partial charge in [0.1, 0.15) is 5.84 Å². The molecule has 1 aromatic carbocycles. The van der Waals surface area contributed by atoms with Gasteiger partial charge in [-0.1, -0.05) is 36.7 Å². The molecule has 0 unspecified atom stereocenters. The Morgan fingerprint density at radius 3 is 2.00 bits per heavy atom. The molecule has 0 radical (unpaired) electrons. The molecule has 0 N–H and O–H groups in total. The smallest absolute Gasteiger partial charge is 0.110 e. The van der Waals surface area contributed by atoms with Gasteiger partial charge >= 0.3 is 0 Å². The van der Waals surface area contributed by atoms with Gasteiger partial charge in [-0.2, -0.15) is 0 Å². The predicted molar refractivity (Wildman–Crippen MR) is 74.4 cm³/mol. The Labute approximate surface area is 107 Å². The van der Waals surface area contributed by atoms with Gasteiger partial charge in [0.15, 0.2) is 0 Å². The normalized spacial score (nSPS) is 12.8. The zero-order valence-electron chi connectivity index (χ0n) is 10.6. The van der Waals surface area contributed by atoms with Crippen LogP contribution in [0.4, 0.5) is 5.69 Å². The minimum atomic E-state index is 0.0522. The summed E-state index contributed by atoms with van der Waals surface area (Å²) >= 11 is 3.42. The minimum absolute atomic E-state index is 0.0522. The summed E-state index contributed by atoms with van der Waals surface area (Å²) in [5.41, 5.74) is 1.04. The van der Waals surface area contributed by atoms with Crippen molar-refractivity contribution in [2.75, 3.05) is 14.1 Å². The Balaban J connectivity index is 3.08. The van der Waals surface area contributed by atoms with E-state index in [1.807, 2.05) is 38.4 Å². The summed E-state index contributed by atoms with van der Waals surface area (Å²) in [4.78, 5) is 6.76. The van der Waals surface area contributed by atoms with E-state index in [2.05, 4.69) is 41.6 Å². The highest BCUT2D eigenvalue weighted by Crippen LogP contribution is 2.23. The van der Waals surface area contributed by atoms with Crippen LogP contribution in [0.15, 0.2) is 33.7 Å². The minimum Gasteiger partial charge on any atom is -0.366 e. The van der Waals surface area contributed by atoms with Crippen LogP contribution in [0.1, 0.15) is 20.8 Å². The van der Waals surface area contributed by atoms with Crippen molar-refractivity contribution in [2.24, 2.45) is 10.4 Å². The lowest BCUT2D eigenvalue weighted by Crippen LogP contribution is -2.33. The molecule has 0 fully saturated rings. The molecule has 0 bridgehead atoms. The molecule has 3 heteroatoms. The number of hydrogen-bond acceptors (Lipinski definition) is 1. The van der Waals surface area contributed by atoms with E-state index in [-0.39, 0.29) is 5.41 Å². The lowest BCUT2D eigenvalue weighted by atomic mass is 9.94. The molecule has 16 heavy (non-hydrogen) atoms. The summed E-state index contributed by atoms with van der Waals surface area (Å²) in [5, 5.41) is 0. The summed E-state index contributed by atoms with van der Waals surface area (Å²) in [6, 6.07) is 8.04. The van der Waals surface area contributed by atoms with Crippen molar-refractivity contribution >= 4 is 27.5 Å². The summed E-state index contributed by atoms with van der Waals surface area (Å²) in [7, 11) is 4.06. The second kappa shape index (κ2) is 5.00. The van der Waals surface area contributed by atoms with Crippen molar-refractivity contribution in [3.05, 3.63) is 28.7 Å². The second-order valence-electron chi connectivity index (χ2n) is 5.06. The summed E-state index contributed by atoms with van der Waals surface area (Å²) < 4.78 is 1.08. The van der Waals surface area contributed by atoms with E-state index >= 15 is 0 Å². The van der Waals surface area contributed by atoms with Gasteiger partial charge in [0.25, 0.3) is 0 Å². The Morgan fingerprint density at radius 1 is 1.12 bits per heavy atom. The molecular formula is C13H19BrN2. The average molecular weight is 283 g/mol. The molecule has 0 atom stereocenters. The fourth-order valence-electron chi connectivity index (χ4n) is 1.58. The third-order valence-corrected chi connectivity index (χ3v) is 2.68. The van der Waals surface area contributed by atoms with Gasteiger partial charge < -0.3 is 4.90 Å². The molecule has 1 rings (SSSR count). The van der Waals surface area contributed by atoms with Crippen LogP contribution < -0.4 is 0 Å². The first-order chi connectivity index (χ1) is 7.30. The van der Waals surface area contributed by atoms with Crippen molar-refractivity contribution in [1.29, 1.82) is 0 Å². The van der Waals surface area contributed by atoms with E-state index in [0.29, 0.717) is 0 Å². The molecule has 0 saturated carbocycles. The fourth-order valence-corrected chi connectivity index (χ4v) is 1.84. The van der Waals surface area contributed by atoms with Gasteiger partial charge in [0.05, 0.1) is 5.69 Å². The van der Waals surface area contributed by atoms with Crippen molar-refractivity contribution in [3.63, 3.8) is 0 Å². The topological polar surface area (TPSA) is 15.6 Å². The first-order valence-electron chi connectivity index (χ1n) is 5.33. The fraction of sp³-hybridized carbons (Fsp3) is 0.462. The largest absolute Gasteiger partial charge is 0.366 e. The first-order valence-corrected chi connectivity index (χ1v) is 6.12. The lowest BCUT2D eigenvalue weighted by Gasteiger charge is -2.27. The van der Waals surface area contributed by atoms with E-state index in [9.17, 15) is 0 Å². The van der Waals surface area contributed by atoms with Crippen LogP contribution in [0.2, 0.25) is 0 Å².